The lowest BCUT2D eigenvalue weighted by molar-refractivity contribution is -0.141. The Morgan fingerprint density at radius 3 is 2.34 bits per heavy atom. The number of nitrogens with one attached hydrogen (secondary N) is 3. The second-order valence-corrected chi connectivity index (χ2v) is 19.4. The fourth-order valence-electron chi connectivity index (χ4n) is 11.1. The number of halogens is 3. The SMILES string of the molecule is CN(CC1CCC(c2cc3cc(C(C)(C)O)c(NC(O)c4cccc(C(F)(F)F)n4)cn3n2)CC1)C1CCC2(CC1)CC(Nc1cccc3c1C(=O)N(C1CCC(=O)NC1=O)C3=O)C2. The van der Waals surface area contributed by atoms with E-state index in [1.807, 2.05) is 12.1 Å². The lowest BCUT2D eigenvalue weighted by Crippen LogP contribution is -2.54. The summed E-state index contributed by atoms with van der Waals surface area (Å²) in [6, 6.07) is 12.1. The van der Waals surface area contributed by atoms with Crippen molar-refractivity contribution in [1.82, 2.24) is 29.7 Å². The maximum atomic E-state index is 13.6. The number of piperidine rings is 1. The molecule has 14 nitrogen and oxygen atoms in total. The zero-order valence-corrected chi connectivity index (χ0v) is 36.3. The van der Waals surface area contributed by atoms with E-state index in [1.54, 1.807) is 42.8 Å². The lowest BCUT2D eigenvalue weighted by Gasteiger charge is -2.53. The topological polar surface area (TPSA) is 182 Å². The summed E-state index contributed by atoms with van der Waals surface area (Å²) >= 11 is 0. The predicted octanol–water partition coefficient (Wildman–Crippen LogP) is 6.89. The lowest BCUT2D eigenvalue weighted by atomic mass is 9.57. The zero-order chi connectivity index (χ0) is 45.3. The quantitative estimate of drug-likeness (QED) is 0.0782. The Bertz CT molecular complexity index is 2480. The van der Waals surface area contributed by atoms with Gasteiger partial charge in [0.1, 0.15) is 11.7 Å². The van der Waals surface area contributed by atoms with Crippen LogP contribution in [0.25, 0.3) is 5.52 Å². The van der Waals surface area contributed by atoms with Gasteiger partial charge in [0.2, 0.25) is 11.8 Å². The Balaban J connectivity index is 0.758. The van der Waals surface area contributed by atoms with E-state index in [4.69, 9.17) is 5.10 Å². The van der Waals surface area contributed by atoms with Crippen molar-refractivity contribution < 1.29 is 42.6 Å². The zero-order valence-electron chi connectivity index (χ0n) is 36.3. The number of rotatable bonds is 11. The molecule has 5 N–H and O–H groups in total. The van der Waals surface area contributed by atoms with Gasteiger partial charge < -0.3 is 25.7 Å². The summed E-state index contributed by atoms with van der Waals surface area (Å²) in [7, 11) is 2.25. The fourth-order valence-corrected chi connectivity index (χ4v) is 11.1. The number of alkyl halides is 3. The monoisotopic (exact) mass is 884 g/mol. The molecule has 5 heterocycles. The van der Waals surface area contributed by atoms with Crippen molar-refractivity contribution >= 4 is 40.5 Å². The molecule has 3 aliphatic carbocycles. The van der Waals surface area contributed by atoms with Crippen molar-refractivity contribution in [3.63, 3.8) is 0 Å². The van der Waals surface area contributed by atoms with Crippen LogP contribution in [-0.4, -0.2) is 90.0 Å². The first-order valence-electron chi connectivity index (χ1n) is 22.4. The number of pyridine rings is 2. The first-order chi connectivity index (χ1) is 30.4. The number of fused-ring (bicyclic) bond motifs is 2. The number of carbonyl (C=O) groups excluding carboxylic acids is 4. The van der Waals surface area contributed by atoms with Gasteiger partial charge in [-0.3, -0.25) is 29.4 Å². The highest BCUT2D eigenvalue weighted by molar-refractivity contribution is 6.25. The van der Waals surface area contributed by atoms with Gasteiger partial charge >= 0.3 is 6.18 Å². The molecule has 1 saturated heterocycles. The van der Waals surface area contributed by atoms with Crippen LogP contribution in [0, 0.1) is 11.3 Å². The molecule has 9 rings (SSSR count). The van der Waals surface area contributed by atoms with Gasteiger partial charge in [0.05, 0.1) is 45.5 Å². The average molecular weight is 885 g/mol. The average Bonchev–Trinajstić information content (AvgIpc) is 3.77. The minimum atomic E-state index is -4.66. The van der Waals surface area contributed by atoms with Crippen LogP contribution in [0.1, 0.15) is 146 Å². The summed E-state index contributed by atoms with van der Waals surface area (Å²) in [5, 5.41) is 35.5. The number of amides is 4. The summed E-state index contributed by atoms with van der Waals surface area (Å²) < 4.78 is 41.6. The normalized spacial score (nSPS) is 26.9. The van der Waals surface area contributed by atoms with E-state index in [0.29, 0.717) is 34.5 Å². The smallest absolute Gasteiger partial charge is 0.386 e. The van der Waals surface area contributed by atoms with Crippen molar-refractivity contribution in [2.24, 2.45) is 11.3 Å². The third-order valence-corrected chi connectivity index (χ3v) is 14.5. The van der Waals surface area contributed by atoms with Crippen LogP contribution in [0.2, 0.25) is 0 Å². The Morgan fingerprint density at radius 2 is 1.66 bits per heavy atom. The maximum Gasteiger partial charge on any atom is 0.433 e. The van der Waals surface area contributed by atoms with Crippen molar-refractivity contribution in [1.29, 1.82) is 0 Å². The standard InChI is InChI=1S/C47H55F3N8O6/c1-45(2,64)32-20-30-21-35(55-57(30)25-36(32)53-41(60)34-8-5-9-38(52-34)47(48,49)50)27-12-10-26(11-13-27)24-56(3)29-16-18-46(19-17-29)22-28(23-46)51-33-7-4-6-31-40(33)44(63)58(43(31)62)37-14-15-39(59)54-42(37)61/h4-9,20-21,25-29,37,41,51,53,60,64H,10-19,22-24H2,1-3H3,(H,54,59,61). The molecular formula is C47H55F3N8O6. The highest BCUT2D eigenvalue weighted by Gasteiger charge is 2.49. The van der Waals surface area contributed by atoms with Gasteiger partial charge in [-0.05, 0) is 139 Å². The van der Waals surface area contributed by atoms with Gasteiger partial charge in [0, 0.05) is 42.2 Å². The summed E-state index contributed by atoms with van der Waals surface area (Å²) in [4.78, 5) is 58.3. The number of imide groups is 2. The molecule has 0 radical (unpaired) electrons. The molecule has 17 heteroatoms. The van der Waals surface area contributed by atoms with Gasteiger partial charge in [-0.2, -0.15) is 18.3 Å². The fraction of sp³-hybridized carbons (Fsp3) is 0.532. The molecule has 4 amide bonds. The number of carbonyl (C=O) groups is 4. The minimum Gasteiger partial charge on any atom is -0.386 e. The van der Waals surface area contributed by atoms with Crippen molar-refractivity contribution in [2.45, 2.75) is 133 Å². The molecule has 340 valence electrons. The molecule has 5 aliphatic rings. The number of anilines is 2. The molecule has 2 aliphatic heterocycles. The molecule has 3 aromatic heterocycles. The number of aliphatic hydroxyl groups excluding tert-OH is 1. The van der Waals surface area contributed by atoms with E-state index < -0.39 is 53.4 Å². The molecule has 1 spiro atoms. The number of benzene rings is 1. The molecule has 3 saturated carbocycles. The molecule has 0 bridgehead atoms. The van der Waals surface area contributed by atoms with E-state index in [-0.39, 0.29) is 41.5 Å². The third-order valence-electron chi connectivity index (χ3n) is 14.5. The molecule has 1 aromatic carbocycles. The molecular weight excluding hydrogens is 830 g/mol. The Labute approximate surface area is 369 Å². The van der Waals surface area contributed by atoms with E-state index in [0.717, 1.165) is 92.9 Å². The van der Waals surface area contributed by atoms with Gasteiger partial charge in [-0.25, -0.2) is 9.50 Å². The number of nitrogens with zero attached hydrogens (tertiary/aromatic N) is 5. The van der Waals surface area contributed by atoms with Gasteiger partial charge in [-0.1, -0.05) is 12.1 Å². The molecule has 2 unspecified atom stereocenters. The number of aromatic nitrogens is 3. The van der Waals surface area contributed by atoms with Crippen LogP contribution < -0.4 is 16.0 Å². The molecule has 64 heavy (non-hydrogen) atoms. The highest BCUT2D eigenvalue weighted by atomic mass is 19.4. The first kappa shape index (κ1) is 43.8. The van der Waals surface area contributed by atoms with Crippen LogP contribution in [0.3, 0.4) is 0 Å². The first-order valence-corrected chi connectivity index (χ1v) is 22.4. The highest BCUT2D eigenvalue weighted by Crippen LogP contribution is 2.53. The van der Waals surface area contributed by atoms with Crippen molar-refractivity contribution in [2.75, 3.05) is 24.2 Å². The molecule has 4 fully saturated rings. The number of hydrogen-bond donors (Lipinski definition) is 5. The molecule has 4 aromatic rings. The van der Waals surface area contributed by atoms with Gasteiger partial charge in [0.25, 0.3) is 11.8 Å². The summed E-state index contributed by atoms with van der Waals surface area (Å²) in [5.41, 5.74) is 1.31. The van der Waals surface area contributed by atoms with Crippen LogP contribution in [0.15, 0.2) is 54.7 Å². The Kier molecular flexibility index (Phi) is 11.3. The third kappa shape index (κ3) is 8.49. The van der Waals surface area contributed by atoms with Gasteiger partial charge in [0.15, 0.2) is 6.23 Å². The Morgan fingerprint density at radius 1 is 0.938 bits per heavy atom. The van der Waals surface area contributed by atoms with Crippen LogP contribution in [0.5, 0.6) is 0 Å². The summed E-state index contributed by atoms with van der Waals surface area (Å²) in [6.07, 6.45) is 6.29. The van der Waals surface area contributed by atoms with Crippen LogP contribution >= 0.6 is 0 Å². The van der Waals surface area contributed by atoms with Crippen LogP contribution in [0.4, 0.5) is 24.5 Å². The van der Waals surface area contributed by atoms with Crippen molar-refractivity contribution in [3.05, 3.63) is 88.5 Å². The second kappa shape index (κ2) is 16.6. The Hall–Kier alpha value is -5.39. The van der Waals surface area contributed by atoms with Gasteiger partial charge in [-0.15, -0.1) is 0 Å². The largest absolute Gasteiger partial charge is 0.433 e. The minimum absolute atomic E-state index is 0.0769. The van der Waals surface area contributed by atoms with E-state index in [9.17, 15) is 42.6 Å². The molecule has 2 atom stereocenters. The van der Waals surface area contributed by atoms with E-state index in [2.05, 4.69) is 32.9 Å². The predicted molar refractivity (Wildman–Crippen MR) is 230 cm³/mol. The van der Waals surface area contributed by atoms with E-state index >= 15 is 0 Å². The maximum absolute atomic E-state index is 13.6. The summed E-state index contributed by atoms with van der Waals surface area (Å²) in [6.45, 7) is 4.25. The van der Waals surface area contributed by atoms with Crippen LogP contribution in [-0.2, 0) is 21.4 Å². The van der Waals surface area contributed by atoms with Crippen molar-refractivity contribution in [3.8, 4) is 0 Å². The second-order valence-electron chi connectivity index (χ2n) is 19.4. The van der Waals surface area contributed by atoms with E-state index in [1.165, 1.54) is 12.1 Å². The number of hydrogen-bond acceptors (Lipinski definition) is 11. The number of aliphatic hydroxyl groups is 2. The summed E-state index contributed by atoms with van der Waals surface area (Å²) in [5.74, 6) is -1.19.